The maximum Gasteiger partial charge on any atom is 0.217 e. The van der Waals surface area contributed by atoms with Crippen LogP contribution in [0.1, 0.15) is 82.7 Å². The molecule has 2 aliphatic heterocycles. The number of likely N-dealkylation sites (tertiary alicyclic amines) is 1. The lowest BCUT2D eigenvalue weighted by atomic mass is 9.81. The molecular weight excluding hydrogens is 520 g/mol. The fraction of sp³-hybridized carbons (Fsp3) is 0.613. The zero-order valence-electron chi connectivity index (χ0n) is 24.6. The molecule has 0 aromatic carbocycles. The first-order chi connectivity index (χ1) is 19.9. The third kappa shape index (κ3) is 8.78. The van der Waals surface area contributed by atoms with Gasteiger partial charge in [-0.3, -0.25) is 9.59 Å². The van der Waals surface area contributed by atoms with Gasteiger partial charge in [0.25, 0.3) is 0 Å². The van der Waals surface area contributed by atoms with Gasteiger partial charge in [-0.1, -0.05) is 19.8 Å². The Hall–Kier alpha value is -3.42. The fourth-order valence-electron chi connectivity index (χ4n) is 5.53. The van der Waals surface area contributed by atoms with Gasteiger partial charge in [0.2, 0.25) is 5.88 Å². The van der Waals surface area contributed by atoms with E-state index in [9.17, 15) is 9.59 Å². The van der Waals surface area contributed by atoms with Gasteiger partial charge in [-0.2, -0.15) is 4.98 Å². The predicted octanol–water partition coefficient (Wildman–Crippen LogP) is 3.02. The van der Waals surface area contributed by atoms with Crippen LogP contribution in [-0.2, 0) is 14.3 Å². The van der Waals surface area contributed by atoms with Crippen LogP contribution in [0.5, 0.6) is 5.88 Å². The number of nitrogens with two attached hydrogens (primary N) is 2. The highest BCUT2D eigenvalue weighted by atomic mass is 16.5. The average Bonchev–Trinajstić information content (AvgIpc) is 3.42. The monoisotopic (exact) mass is 566 g/mol. The second-order valence-corrected chi connectivity index (χ2v) is 10.9. The standard InChI is InChI=1S/C29H44N6O4.C2H2/c1-3-7-22(28(37)21-9-4-5-10-25(21)36)27(31)29-33-24(23(30)17-32-19-11-14-38-15-12-19)16-26(34-29)39-18-20-8-6-13-35(20)2;1-2/h16-17,19-21,32H,3-15,18,30-31H2,1-2H3;1-2H/b23-17-,27-22-;/t20?,21-;/m0./s1. The summed E-state index contributed by atoms with van der Waals surface area (Å²) in [7, 11) is 2.09. The van der Waals surface area contributed by atoms with Crippen molar-refractivity contribution in [3.8, 4) is 18.7 Å². The molecule has 1 saturated carbocycles. The Balaban J connectivity index is 0.00000226. The highest BCUT2D eigenvalue weighted by Gasteiger charge is 2.32. The molecule has 3 heterocycles. The SMILES string of the molecule is C#C.CCC/C(C(=O)[C@H]1CCCCC1=O)=C(/N)c1nc(OCC2CCCN2C)cc(/C(N)=C/NC2CCOCC2)n1. The molecule has 2 saturated heterocycles. The topological polar surface area (TPSA) is 146 Å². The summed E-state index contributed by atoms with van der Waals surface area (Å²) < 4.78 is 11.6. The molecule has 1 aromatic heterocycles. The van der Waals surface area contributed by atoms with Crippen molar-refractivity contribution in [2.24, 2.45) is 17.4 Å². The van der Waals surface area contributed by atoms with Gasteiger partial charge in [0.1, 0.15) is 12.4 Å². The van der Waals surface area contributed by atoms with Crippen LogP contribution in [0.3, 0.4) is 0 Å². The third-order valence-corrected chi connectivity index (χ3v) is 8.02. The van der Waals surface area contributed by atoms with E-state index in [4.69, 9.17) is 20.9 Å². The first kappa shape index (κ1) is 32.1. The summed E-state index contributed by atoms with van der Waals surface area (Å²) in [5.41, 5.74) is 14.6. The third-order valence-electron chi connectivity index (χ3n) is 8.02. The van der Waals surface area contributed by atoms with Crippen molar-refractivity contribution in [3.63, 3.8) is 0 Å². The number of allylic oxidation sites excluding steroid dienone is 1. The number of nitrogens with one attached hydrogen (secondary N) is 1. The van der Waals surface area contributed by atoms with E-state index in [0.29, 0.717) is 61.2 Å². The molecule has 2 atom stereocenters. The normalized spacial score (nSPS) is 22.8. The summed E-state index contributed by atoms with van der Waals surface area (Å²) in [6, 6.07) is 2.30. The Kier molecular flexibility index (Phi) is 12.6. The Labute approximate surface area is 244 Å². The molecule has 0 spiro atoms. The minimum Gasteiger partial charge on any atom is -0.476 e. The molecule has 5 N–H and O–H groups in total. The van der Waals surface area contributed by atoms with E-state index >= 15 is 0 Å². The predicted molar refractivity (Wildman–Crippen MR) is 160 cm³/mol. The van der Waals surface area contributed by atoms with Gasteiger partial charge < -0.3 is 31.2 Å². The van der Waals surface area contributed by atoms with Crippen LogP contribution in [0.15, 0.2) is 17.8 Å². The Bertz CT molecular complexity index is 1120. The van der Waals surface area contributed by atoms with Crippen molar-refractivity contribution < 1.29 is 19.1 Å². The number of hydrogen-bond donors (Lipinski definition) is 3. The number of carbonyl (C=O) groups is 2. The largest absolute Gasteiger partial charge is 0.476 e. The van der Waals surface area contributed by atoms with Crippen molar-refractivity contribution in [2.75, 3.05) is 33.4 Å². The van der Waals surface area contributed by atoms with Gasteiger partial charge in [0.15, 0.2) is 11.6 Å². The number of nitrogens with zero attached hydrogens (tertiary/aromatic N) is 3. The van der Waals surface area contributed by atoms with Gasteiger partial charge in [-0.25, -0.2) is 4.98 Å². The molecule has 0 radical (unpaired) electrons. The zero-order valence-corrected chi connectivity index (χ0v) is 24.6. The van der Waals surface area contributed by atoms with E-state index in [2.05, 4.69) is 40.1 Å². The van der Waals surface area contributed by atoms with E-state index in [1.54, 1.807) is 12.3 Å². The summed E-state index contributed by atoms with van der Waals surface area (Å²) in [6.07, 6.45) is 17.6. The lowest BCUT2D eigenvalue weighted by Crippen LogP contribution is -2.32. The van der Waals surface area contributed by atoms with Crippen LogP contribution in [-0.4, -0.2) is 71.9 Å². The van der Waals surface area contributed by atoms with Crippen molar-refractivity contribution >= 4 is 23.0 Å². The number of rotatable bonds is 11. The maximum atomic E-state index is 13.5. The molecule has 10 nitrogen and oxygen atoms in total. The molecule has 3 fully saturated rings. The molecule has 3 aliphatic rings. The van der Waals surface area contributed by atoms with Crippen LogP contribution in [0.2, 0.25) is 0 Å². The van der Waals surface area contributed by atoms with Crippen LogP contribution < -0.4 is 21.5 Å². The van der Waals surface area contributed by atoms with Crippen LogP contribution >= 0.6 is 0 Å². The van der Waals surface area contributed by atoms with Crippen molar-refractivity contribution in [1.29, 1.82) is 0 Å². The molecule has 1 aromatic rings. The minimum absolute atomic E-state index is 0.00149. The summed E-state index contributed by atoms with van der Waals surface area (Å²) in [5.74, 6) is -0.280. The minimum atomic E-state index is -0.635. The molecule has 0 bridgehead atoms. The van der Waals surface area contributed by atoms with E-state index in [1.165, 1.54) is 0 Å². The second kappa shape index (κ2) is 16.1. The number of hydrogen-bond acceptors (Lipinski definition) is 10. The second-order valence-electron chi connectivity index (χ2n) is 10.9. The highest BCUT2D eigenvalue weighted by Crippen LogP contribution is 2.28. The van der Waals surface area contributed by atoms with Gasteiger partial charge >= 0.3 is 0 Å². The quantitative estimate of drug-likeness (QED) is 0.208. The van der Waals surface area contributed by atoms with Crippen LogP contribution in [0.25, 0.3) is 11.4 Å². The van der Waals surface area contributed by atoms with Gasteiger partial charge in [-0.15, -0.1) is 12.8 Å². The lowest BCUT2D eigenvalue weighted by molar-refractivity contribution is -0.132. The number of likely N-dealkylation sites (N-methyl/N-ethyl adjacent to an activating group) is 1. The Morgan fingerprint density at radius 3 is 2.59 bits per heavy atom. The van der Waals surface area contributed by atoms with Crippen molar-refractivity contribution in [1.82, 2.24) is 20.2 Å². The smallest absolute Gasteiger partial charge is 0.217 e. The Morgan fingerprint density at radius 1 is 1.17 bits per heavy atom. The van der Waals surface area contributed by atoms with Crippen LogP contribution in [0, 0.1) is 18.8 Å². The summed E-state index contributed by atoms with van der Waals surface area (Å²) in [4.78, 5) is 37.6. The van der Waals surface area contributed by atoms with Crippen molar-refractivity contribution in [3.05, 3.63) is 29.4 Å². The molecule has 1 aliphatic carbocycles. The molecule has 1 unspecified atom stereocenters. The molecule has 224 valence electrons. The number of Topliss-reactive ketones (excluding diaryl/α,β-unsaturated/α-hetero) is 2. The van der Waals surface area contributed by atoms with Gasteiger partial charge in [-0.05, 0) is 58.5 Å². The van der Waals surface area contributed by atoms with Gasteiger partial charge in [0.05, 0.1) is 23.0 Å². The molecule has 4 rings (SSSR count). The molecule has 0 amide bonds. The molecule has 10 heteroatoms. The fourth-order valence-corrected chi connectivity index (χ4v) is 5.53. The summed E-state index contributed by atoms with van der Waals surface area (Å²) in [6.45, 7) is 4.94. The first-order valence-corrected chi connectivity index (χ1v) is 14.8. The number of aromatic nitrogens is 2. The lowest BCUT2D eigenvalue weighted by Gasteiger charge is -2.23. The van der Waals surface area contributed by atoms with Crippen LogP contribution in [0.4, 0.5) is 0 Å². The van der Waals surface area contributed by atoms with Gasteiger partial charge in [0, 0.05) is 49.6 Å². The molecule has 41 heavy (non-hydrogen) atoms. The highest BCUT2D eigenvalue weighted by molar-refractivity contribution is 6.13. The number of ether oxygens (including phenoxy) is 2. The van der Waals surface area contributed by atoms with E-state index < -0.39 is 5.92 Å². The average molecular weight is 567 g/mol. The number of terminal acetylenes is 1. The van der Waals surface area contributed by atoms with Crippen molar-refractivity contribution in [2.45, 2.75) is 83.2 Å². The van der Waals surface area contributed by atoms with E-state index in [1.807, 2.05) is 6.92 Å². The van der Waals surface area contributed by atoms with E-state index in [0.717, 1.165) is 58.3 Å². The molecular formula is C31H46N6O4. The maximum absolute atomic E-state index is 13.5. The number of carbonyl (C=O) groups excluding carboxylic acids is 2. The zero-order chi connectivity index (χ0) is 29.8. The van der Waals surface area contributed by atoms with E-state index in [-0.39, 0.29) is 29.1 Å². The summed E-state index contributed by atoms with van der Waals surface area (Å²) in [5, 5.41) is 3.37. The Morgan fingerprint density at radius 2 is 1.93 bits per heavy atom. The first-order valence-electron chi connectivity index (χ1n) is 14.8. The number of ketones is 2. The summed E-state index contributed by atoms with van der Waals surface area (Å²) >= 11 is 0.